The number of nitrogens with zero attached hydrogens (tertiary/aromatic N) is 1. The molecule has 1 aromatic rings. The van der Waals surface area contributed by atoms with Crippen LogP contribution in [0.5, 0.6) is 5.75 Å². The van der Waals surface area contributed by atoms with Crippen LogP contribution in [0.1, 0.15) is 0 Å². The summed E-state index contributed by atoms with van der Waals surface area (Å²) in [5, 5.41) is 0. The van der Waals surface area contributed by atoms with E-state index in [0.29, 0.717) is 0 Å². The molecule has 1 unspecified atom stereocenters. The molecule has 0 spiro atoms. The number of rotatable bonds is 3. The van der Waals surface area contributed by atoms with Crippen LogP contribution in [0, 0.1) is 0 Å². The van der Waals surface area contributed by atoms with Crippen LogP contribution in [0.4, 0.5) is 5.69 Å². The molecule has 1 aromatic carbocycles. The summed E-state index contributed by atoms with van der Waals surface area (Å²) >= 11 is 0. The molecule has 0 aromatic heterocycles. The van der Waals surface area contributed by atoms with Crippen molar-refractivity contribution in [1.82, 2.24) is 16.4 Å². The predicted octanol–water partition coefficient (Wildman–Crippen LogP) is -0.159. The van der Waals surface area contributed by atoms with Crippen LogP contribution < -0.4 is 26.0 Å². The highest BCUT2D eigenvalue weighted by atomic mass is 16.5. The first-order valence-corrected chi connectivity index (χ1v) is 6.25. The monoisotopic (exact) mass is 250 g/mol. The molecule has 3 rings (SSSR count). The van der Waals surface area contributed by atoms with E-state index in [0.717, 1.165) is 38.6 Å². The largest absolute Gasteiger partial charge is 0.473 e. The molecule has 2 aliphatic rings. The van der Waals surface area contributed by atoms with Gasteiger partial charge < -0.3 is 14.4 Å². The Morgan fingerprint density at radius 1 is 1.28 bits per heavy atom. The summed E-state index contributed by atoms with van der Waals surface area (Å²) in [7, 11) is 0. The van der Waals surface area contributed by atoms with E-state index in [4.69, 9.17) is 9.47 Å². The Hall–Kier alpha value is -1.34. The molecule has 2 saturated heterocycles. The molecule has 0 radical (unpaired) electrons. The summed E-state index contributed by atoms with van der Waals surface area (Å²) in [5.74, 6) is 0.877. The fourth-order valence-corrected chi connectivity index (χ4v) is 2.14. The molecular weight excluding hydrogens is 232 g/mol. The maximum atomic E-state index is 5.81. The smallest absolute Gasteiger partial charge is 0.177 e. The fraction of sp³-hybridized carbons (Fsp3) is 0.500. The third-order valence-electron chi connectivity index (χ3n) is 3.08. The zero-order valence-corrected chi connectivity index (χ0v) is 10.2. The molecule has 2 heterocycles. The number of benzene rings is 1. The molecule has 1 atom stereocenters. The van der Waals surface area contributed by atoms with Gasteiger partial charge in [0.25, 0.3) is 0 Å². The first kappa shape index (κ1) is 11.7. The first-order chi connectivity index (χ1) is 8.92. The third-order valence-corrected chi connectivity index (χ3v) is 3.08. The zero-order chi connectivity index (χ0) is 12.2. The summed E-state index contributed by atoms with van der Waals surface area (Å²) in [6.07, 6.45) is -0.0371. The lowest BCUT2D eigenvalue weighted by Crippen LogP contribution is -2.37. The second-order valence-corrected chi connectivity index (χ2v) is 4.35. The van der Waals surface area contributed by atoms with E-state index >= 15 is 0 Å². The molecule has 2 aliphatic heterocycles. The molecule has 6 heteroatoms. The van der Waals surface area contributed by atoms with Gasteiger partial charge in [-0.05, 0) is 12.1 Å². The van der Waals surface area contributed by atoms with E-state index < -0.39 is 0 Å². The highest BCUT2D eigenvalue weighted by molar-refractivity contribution is 5.51. The van der Waals surface area contributed by atoms with Crippen molar-refractivity contribution in [1.29, 1.82) is 0 Å². The molecule has 0 saturated carbocycles. The van der Waals surface area contributed by atoms with Crippen molar-refractivity contribution in [2.24, 2.45) is 0 Å². The number of hydrogen-bond donors (Lipinski definition) is 3. The number of nitrogens with one attached hydrogen (secondary N) is 3. The van der Waals surface area contributed by atoms with Crippen molar-refractivity contribution < 1.29 is 9.47 Å². The lowest BCUT2D eigenvalue weighted by atomic mass is 10.2. The number of hydrogen-bond acceptors (Lipinski definition) is 6. The lowest BCUT2D eigenvalue weighted by Gasteiger charge is -2.29. The molecule has 6 nitrogen and oxygen atoms in total. The minimum Gasteiger partial charge on any atom is -0.473 e. The first-order valence-electron chi connectivity index (χ1n) is 6.25. The van der Waals surface area contributed by atoms with Gasteiger partial charge in [0.1, 0.15) is 5.75 Å². The Labute approximate surface area is 106 Å². The minimum atomic E-state index is -0.0371. The maximum absolute atomic E-state index is 5.81. The summed E-state index contributed by atoms with van der Waals surface area (Å²) in [6.45, 7) is 4.20. The summed E-state index contributed by atoms with van der Waals surface area (Å²) in [4.78, 5) is 2.31. The zero-order valence-electron chi connectivity index (χ0n) is 10.2. The van der Waals surface area contributed by atoms with Crippen LogP contribution in [0.3, 0.4) is 0 Å². The molecule has 0 aliphatic carbocycles. The topological polar surface area (TPSA) is 57.8 Å². The van der Waals surface area contributed by atoms with Crippen LogP contribution in [0.15, 0.2) is 24.3 Å². The Morgan fingerprint density at radius 3 is 2.94 bits per heavy atom. The number of morpholine rings is 1. The van der Waals surface area contributed by atoms with E-state index in [1.165, 1.54) is 5.69 Å². The van der Waals surface area contributed by atoms with E-state index in [1.54, 1.807) is 0 Å². The quantitative estimate of drug-likeness (QED) is 0.693. The standard InChI is InChI=1S/C12H18N4O2/c1-2-10(16-4-6-17-7-5-16)8-11(3-1)18-12-9-13-15-14-12/h1-3,8,12-15H,4-7,9H2. The highest BCUT2D eigenvalue weighted by Gasteiger charge is 2.16. The van der Waals surface area contributed by atoms with Gasteiger partial charge in [-0.25, -0.2) is 10.9 Å². The van der Waals surface area contributed by atoms with Gasteiger partial charge in [-0.2, -0.15) is 5.53 Å². The van der Waals surface area contributed by atoms with Crippen molar-refractivity contribution in [3.8, 4) is 5.75 Å². The lowest BCUT2D eigenvalue weighted by molar-refractivity contribution is 0.122. The fourth-order valence-electron chi connectivity index (χ4n) is 2.14. The van der Waals surface area contributed by atoms with Gasteiger partial charge in [0.2, 0.25) is 0 Å². The van der Waals surface area contributed by atoms with Gasteiger partial charge in [0.05, 0.1) is 19.8 Å². The van der Waals surface area contributed by atoms with E-state index in [1.807, 2.05) is 12.1 Å². The molecule has 98 valence electrons. The molecule has 3 N–H and O–H groups in total. The van der Waals surface area contributed by atoms with Gasteiger partial charge in [0, 0.05) is 24.8 Å². The molecular formula is C12H18N4O2. The van der Waals surface area contributed by atoms with Crippen molar-refractivity contribution in [3.63, 3.8) is 0 Å². The van der Waals surface area contributed by atoms with Crippen LogP contribution in [0.25, 0.3) is 0 Å². The third kappa shape index (κ3) is 2.73. The van der Waals surface area contributed by atoms with Crippen molar-refractivity contribution >= 4 is 5.69 Å². The number of hydrazine groups is 2. The van der Waals surface area contributed by atoms with Crippen molar-refractivity contribution in [2.75, 3.05) is 37.7 Å². The van der Waals surface area contributed by atoms with E-state index in [-0.39, 0.29) is 6.23 Å². The summed E-state index contributed by atoms with van der Waals surface area (Å²) < 4.78 is 11.2. The summed E-state index contributed by atoms with van der Waals surface area (Å²) in [6, 6.07) is 8.18. The van der Waals surface area contributed by atoms with Gasteiger partial charge >= 0.3 is 0 Å². The Morgan fingerprint density at radius 2 is 2.17 bits per heavy atom. The molecule has 2 fully saturated rings. The Kier molecular flexibility index (Phi) is 3.61. The number of ether oxygens (including phenoxy) is 2. The maximum Gasteiger partial charge on any atom is 0.177 e. The van der Waals surface area contributed by atoms with Crippen molar-refractivity contribution in [3.05, 3.63) is 24.3 Å². The van der Waals surface area contributed by atoms with Gasteiger partial charge in [-0.3, -0.25) is 0 Å². The van der Waals surface area contributed by atoms with Gasteiger partial charge in [0.15, 0.2) is 6.23 Å². The molecule has 18 heavy (non-hydrogen) atoms. The van der Waals surface area contributed by atoms with Crippen LogP contribution in [-0.2, 0) is 4.74 Å². The Bertz CT molecular complexity index is 389. The normalized spacial score (nSPS) is 24.2. The van der Waals surface area contributed by atoms with Crippen LogP contribution >= 0.6 is 0 Å². The van der Waals surface area contributed by atoms with Gasteiger partial charge in [-0.15, -0.1) is 0 Å². The second kappa shape index (κ2) is 5.53. The average molecular weight is 250 g/mol. The SMILES string of the molecule is c1cc(OC2CNNN2)cc(N2CCOCC2)c1. The van der Waals surface area contributed by atoms with Crippen molar-refractivity contribution in [2.45, 2.75) is 6.23 Å². The average Bonchev–Trinajstić information content (AvgIpc) is 2.93. The second-order valence-electron chi connectivity index (χ2n) is 4.35. The van der Waals surface area contributed by atoms with E-state index in [9.17, 15) is 0 Å². The minimum absolute atomic E-state index is 0.0371. The summed E-state index contributed by atoms with van der Waals surface area (Å²) in [5.41, 5.74) is 9.95. The molecule has 0 bridgehead atoms. The van der Waals surface area contributed by atoms with Crippen LogP contribution in [-0.4, -0.2) is 39.1 Å². The predicted molar refractivity (Wildman–Crippen MR) is 68.2 cm³/mol. The number of anilines is 1. The highest BCUT2D eigenvalue weighted by Crippen LogP contribution is 2.22. The van der Waals surface area contributed by atoms with Crippen LogP contribution in [0.2, 0.25) is 0 Å². The van der Waals surface area contributed by atoms with Gasteiger partial charge in [-0.1, -0.05) is 6.07 Å². The van der Waals surface area contributed by atoms with E-state index in [2.05, 4.69) is 33.4 Å². The Balaban J connectivity index is 1.67. The molecule has 0 amide bonds.